The number of hydrogen-bond acceptors (Lipinski definition) is 4. The molecule has 1 aromatic carbocycles. The predicted molar refractivity (Wildman–Crippen MR) is 78.2 cm³/mol. The normalized spacial score (nSPS) is 11.1. The van der Waals surface area contributed by atoms with Crippen molar-refractivity contribution in [3.05, 3.63) is 54.4 Å². The van der Waals surface area contributed by atoms with Gasteiger partial charge in [0.25, 0.3) is 0 Å². The van der Waals surface area contributed by atoms with Gasteiger partial charge in [-0.2, -0.15) is 0 Å². The third-order valence-corrected chi connectivity index (χ3v) is 3.31. The second-order valence-corrected chi connectivity index (χ2v) is 4.68. The number of fused-ring (bicyclic) bond motifs is 1. The molecule has 0 amide bonds. The highest BCUT2D eigenvalue weighted by Gasteiger charge is 2.05. The SMILES string of the molecule is Cc1nc2ccccc2n1CCNCc1ccncn1. The van der Waals surface area contributed by atoms with E-state index < -0.39 is 0 Å². The zero-order valence-electron chi connectivity index (χ0n) is 11.5. The molecule has 0 radical (unpaired) electrons. The number of benzene rings is 1. The van der Waals surface area contributed by atoms with Gasteiger partial charge in [-0.15, -0.1) is 0 Å². The summed E-state index contributed by atoms with van der Waals surface area (Å²) in [6.45, 7) is 4.58. The third-order valence-electron chi connectivity index (χ3n) is 3.31. The average molecular weight is 267 g/mol. The minimum Gasteiger partial charge on any atom is -0.327 e. The van der Waals surface area contributed by atoms with Crippen molar-refractivity contribution in [3.63, 3.8) is 0 Å². The van der Waals surface area contributed by atoms with E-state index in [0.717, 1.165) is 36.7 Å². The maximum absolute atomic E-state index is 4.56. The lowest BCUT2D eigenvalue weighted by atomic mass is 10.3. The van der Waals surface area contributed by atoms with Crippen LogP contribution in [0, 0.1) is 6.92 Å². The maximum Gasteiger partial charge on any atom is 0.115 e. The van der Waals surface area contributed by atoms with Crippen LogP contribution in [0.2, 0.25) is 0 Å². The van der Waals surface area contributed by atoms with Crippen molar-refractivity contribution < 1.29 is 0 Å². The standard InChI is InChI=1S/C15H17N5/c1-12-19-14-4-2-3-5-15(14)20(12)9-8-16-10-13-6-7-17-11-18-13/h2-7,11,16H,8-10H2,1H3. The maximum atomic E-state index is 4.56. The van der Waals surface area contributed by atoms with E-state index in [-0.39, 0.29) is 0 Å². The van der Waals surface area contributed by atoms with Crippen molar-refractivity contribution in [2.75, 3.05) is 6.54 Å². The Hall–Kier alpha value is -2.27. The summed E-state index contributed by atoms with van der Waals surface area (Å²) in [5.41, 5.74) is 3.25. The van der Waals surface area contributed by atoms with E-state index in [4.69, 9.17) is 0 Å². The molecular weight excluding hydrogens is 250 g/mol. The number of rotatable bonds is 5. The van der Waals surface area contributed by atoms with Crippen molar-refractivity contribution in [2.45, 2.75) is 20.0 Å². The van der Waals surface area contributed by atoms with Crippen LogP contribution in [0.15, 0.2) is 42.9 Å². The lowest BCUT2D eigenvalue weighted by molar-refractivity contribution is 0.592. The van der Waals surface area contributed by atoms with E-state index in [2.05, 4.69) is 30.9 Å². The molecule has 0 saturated heterocycles. The van der Waals surface area contributed by atoms with Crippen molar-refractivity contribution in [3.8, 4) is 0 Å². The molecule has 20 heavy (non-hydrogen) atoms. The van der Waals surface area contributed by atoms with E-state index >= 15 is 0 Å². The summed E-state index contributed by atoms with van der Waals surface area (Å²) in [4.78, 5) is 12.7. The fraction of sp³-hybridized carbons (Fsp3) is 0.267. The average Bonchev–Trinajstić information content (AvgIpc) is 2.80. The van der Waals surface area contributed by atoms with Crippen LogP contribution in [0.25, 0.3) is 11.0 Å². The van der Waals surface area contributed by atoms with Crippen LogP contribution in [-0.4, -0.2) is 26.1 Å². The second kappa shape index (κ2) is 5.79. The Morgan fingerprint density at radius 2 is 2.10 bits per heavy atom. The predicted octanol–water partition coefficient (Wildman–Crippen LogP) is 1.92. The van der Waals surface area contributed by atoms with Gasteiger partial charge in [0.15, 0.2) is 0 Å². The molecule has 3 rings (SSSR count). The molecule has 2 aromatic heterocycles. The highest BCUT2D eigenvalue weighted by molar-refractivity contribution is 5.75. The van der Waals surface area contributed by atoms with Gasteiger partial charge in [0.05, 0.1) is 16.7 Å². The largest absolute Gasteiger partial charge is 0.327 e. The van der Waals surface area contributed by atoms with E-state index in [1.807, 2.05) is 31.2 Å². The van der Waals surface area contributed by atoms with Crippen molar-refractivity contribution in [1.82, 2.24) is 24.8 Å². The van der Waals surface area contributed by atoms with E-state index in [9.17, 15) is 0 Å². The molecule has 102 valence electrons. The molecule has 0 aliphatic carbocycles. The zero-order valence-corrected chi connectivity index (χ0v) is 11.5. The molecule has 0 atom stereocenters. The fourth-order valence-corrected chi connectivity index (χ4v) is 2.31. The first kappa shape index (κ1) is 12.7. The van der Waals surface area contributed by atoms with Crippen LogP contribution in [-0.2, 0) is 13.1 Å². The van der Waals surface area contributed by atoms with Crippen LogP contribution in [0.3, 0.4) is 0 Å². The molecule has 0 aliphatic heterocycles. The number of aryl methyl sites for hydroxylation is 1. The molecule has 2 heterocycles. The number of imidazole rings is 1. The van der Waals surface area contributed by atoms with Crippen LogP contribution in [0.1, 0.15) is 11.5 Å². The Labute approximate surface area is 117 Å². The first-order valence-corrected chi connectivity index (χ1v) is 6.72. The summed E-state index contributed by atoms with van der Waals surface area (Å²) >= 11 is 0. The van der Waals surface area contributed by atoms with E-state index in [1.165, 1.54) is 5.52 Å². The molecule has 0 unspecified atom stereocenters. The Balaban J connectivity index is 1.61. The monoisotopic (exact) mass is 267 g/mol. The van der Waals surface area contributed by atoms with Crippen LogP contribution in [0.5, 0.6) is 0 Å². The molecule has 0 bridgehead atoms. The summed E-state index contributed by atoms with van der Waals surface area (Å²) in [5.74, 6) is 1.05. The Morgan fingerprint density at radius 1 is 1.20 bits per heavy atom. The minimum absolute atomic E-state index is 0.758. The molecule has 5 nitrogen and oxygen atoms in total. The lowest BCUT2D eigenvalue weighted by Gasteiger charge is -2.08. The van der Waals surface area contributed by atoms with Gasteiger partial charge in [-0.25, -0.2) is 15.0 Å². The van der Waals surface area contributed by atoms with Gasteiger partial charge >= 0.3 is 0 Å². The lowest BCUT2D eigenvalue weighted by Crippen LogP contribution is -2.20. The quantitative estimate of drug-likeness (QED) is 0.718. The summed E-state index contributed by atoms with van der Waals surface area (Å²) in [5, 5.41) is 3.39. The summed E-state index contributed by atoms with van der Waals surface area (Å²) in [7, 11) is 0. The smallest absolute Gasteiger partial charge is 0.115 e. The summed E-state index contributed by atoms with van der Waals surface area (Å²) in [6, 6.07) is 10.2. The number of nitrogens with one attached hydrogen (secondary N) is 1. The molecule has 0 fully saturated rings. The highest BCUT2D eigenvalue weighted by Crippen LogP contribution is 2.14. The van der Waals surface area contributed by atoms with E-state index in [0.29, 0.717) is 0 Å². The Bertz CT molecular complexity index is 690. The first-order valence-electron chi connectivity index (χ1n) is 6.72. The molecule has 5 heteroatoms. The van der Waals surface area contributed by atoms with E-state index in [1.54, 1.807) is 12.5 Å². The van der Waals surface area contributed by atoms with Crippen LogP contribution < -0.4 is 5.32 Å². The van der Waals surface area contributed by atoms with Gasteiger partial charge < -0.3 is 9.88 Å². The van der Waals surface area contributed by atoms with Crippen molar-refractivity contribution in [2.24, 2.45) is 0 Å². The van der Waals surface area contributed by atoms with Crippen LogP contribution in [0.4, 0.5) is 0 Å². The molecule has 3 aromatic rings. The Kier molecular flexibility index (Phi) is 3.69. The molecule has 0 aliphatic rings. The van der Waals surface area contributed by atoms with Crippen LogP contribution >= 0.6 is 0 Å². The zero-order chi connectivity index (χ0) is 13.8. The Morgan fingerprint density at radius 3 is 2.95 bits per heavy atom. The minimum atomic E-state index is 0.758. The van der Waals surface area contributed by atoms with Gasteiger partial charge in [0, 0.05) is 25.8 Å². The molecule has 1 N–H and O–H groups in total. The van der Waals surface area contributed by atoms with Gasteiger partial charge in [-0.1, -0.05) is 12.1 Å². The number of para-hydroxylation sites is 2. The second-order valence-electron chi connectivity index (χ2n) is 4.68. The van der Waals surface area contributed by atoms with Crippen molar-refractivity contribution in [1.29, 1.82) is 0 Å². The van der Waals surface area contributed by atoms with Crippen molar-refractivity contribution >= 4 is 11.0 Å². The topological polar surface area (TPSA) is 55.6 Å². The van der Waals surface area contributed by atoms with Gasteiger partial charge in [-0.3, -0.25) is 0 Å². The molecule has 0 saturated carbocycles. The van der Waals surface area contributed by atoms with Gasteiger partial charge in [0.2, 0.25) is 0 Å². The third kappa shape index (κ3) is 2.67. The fourth-order valence-electron chi connectivity index (χ4n) is 2.31. The number of aromatic nitrogens is 4. The van der Waals surface area contributed by atoms with Gasteiger partial charge in [-0.05, 0) is 25.1 Å². The highest BCUT2D eigenvalue weighted by atomic mass is 15.1. The first-order chi connectivity index (χ1) is 9.84. The summed E-state index contributed by atoms with van der Waals surface area (Å²) < 4.78 is 2.24. The van der Waals surface area contributed by atoms with Gasteiger partial charge in [0.1, 0.15) is 12.2 Å². The molecule has 0 spiro atoms. The number of hydrogen-bond donors (Lipinski definition) is 1. The molecular formula is C15H17N5. The summed E-state index contributed by atoms with van der Waals surface area (Å²) in [6.07, 6.45) is 3.34. The number of nitrogens with zero attached hydrogens (tertiary/aromatic N) is 4.